The summed E-state index contributed by atoms with van der Waals surface area (Å²) >= 11 is 0. The van der Waals surface area contributed by atoms with Crippen LogP contribution in [0.1, 0.15) is 6.92 Å². The Bertz CT molecular complexity index is 431. The van der Waals surface area contributed by atoms with Crippen LogP contribution >= 0.6 is 0 Å². The number of amidine groups is 1. The molecular weight excluding hydrogens is 224 g/mol. The average molecular weight is 238 g/mol. The molecule has 6 nitrogen and oxygen atoms in total. The van der Waals surface area contributed by atoms with E-state index in [1.165, 1.54) is 0 Å². The van der Waals surface area contributed by atoms with Gasteiger partial charge in [-0.05, 0) is 12.5 Å². The van der Waals surface area contributed by atoms with Gasteiger partial charge in [-0.1, -0.05) is 6.58 Å². The highest BCUT2D eigenvalue weighted by molar-refractivity contribution is 5.81. The number of aliphatic imine (C=N–C) groups is 1. The highest BCUT2D eigenvalue weighted by atomic mass is 16.6. The topological polar surface area (TPSA) is 74.5 Å². The predicted molar refractivity (Wildman–Crippen MR) is 58.8 cm³/mol. The summed E-state index contributed by atoms with van der Waals surface area (Å²) in [5, 5.41) is 19.0. The van der Waals surface area contributed by atoms with E-state index in [-0.39, 0.29) is 6.61 Å². The SMILES string of the molecule is C=C1N=C2O[C@@H]3[C@@H](O)[C@H](CO)O[C@@H]3N2C=C1C. The fourth-order valence-corrected chi connectivity index (χ4v) is 2.21. The number of nitrogens with zero attached hydrogens (tertiary/aromatic N) is 2. The minimum Gasteiger partial charge on any atom is -0.454 e. The van der Waals surface area contributed by atoms with E-state index in [1.54, 1.807) is 4.90 Å². The molecule has 2 fully saturated rings. The number of hydrogen-bond donors (Lipinski definition) is 2. The van der Waals surface area contributed by atoms with Gasteiger partial charge < -0.3 is 19.7 Å². The van der Waals surface area contributed by atoms with Crippen LogP contribution < -0.4 is 0 Å². The van der Waals surface area contributed by atoms with Crippen molar-refractivity contribution >= 4 is 6.02 Å². The van der Waals surface area contributed by atoms with Crippen LogP contribution in [-0.4, -0.2) is 52.3 Å². The first kappa shape index (κ1) is 10.8. The Balaban J connectivity index is 1.90. The van der Waals surface area contributed by atoms with E-state index >= 15 is 0 Å². The zero-order valence-electron chi connectivity index (χ0n) is 9.41. The number of aliphatic hydroxyl groups is 2. The summed E-state index contributed by atoms with van der Waals surface area (Å²) in [6, 6.07) is 0.394. The summed E-state index contributed by atoms with van der Waals surface area (Å²) in [6.07, 6.45) is -0.558. The Hall–Kier alpha value is -1.37. The van der Waals surface area contributed by atoms with Crippen LogP contribution in [0.4, 0.5) is 0 Å². The van der Waals surface area contributed by atoms with Crippen LogP contribution in [-0.2, 0) is 9.47 Å². The molecule has 0 bridgehead atoms. The molecule has 3 heterocycles. The van der Waals surface area contributed by atoms with Gasteiger partial charge in [0.25, 0.3) is 6.02 Å². The van der Waals surface area contributed by atoms with Crippen LogP contribution in [0, 0.1) is 0 Å². The van der Waals surface area contributed by atoms with Gasteiger partial charge in [0.1, 0.15) is 12.2 Å². The molecule has 2 N–H and O–H groups in total. The minimum absolute atomic E-state index is 0.229. The van der Waals surface area contributed by atoms with Gasteiger partial charge in [-0.15, -0.1) is 0 Å². The first-order valence-electron chi connectivity index (χ1n) is 5.47. The molecular formula is C11H14N2O4. The third-order valence-corrected chi connectivity index (χ3v) is 3.25. The minimum atomic E-state index is -0.847. The lowest BCUT2D eigenvalue weighted by molar-refractivity contribution is -0.0475. The molecule has 6 heteroatoms. The second kappa shape index (κ2) is 3.56. The summed E-state index contributed by atoms with van der Waals surface area (Å²) in [7, 11) is 0. The molecule has 0 aliphatic carbocycles. The standard InChI is InChI=1S/C11H14N2O4/c1-5-3-13-10-9(8(15)7(4-14)16-10)17-11(13)12-6(5)2/h3,7-10,14-15H,2,4H2,1H3/t7-,8-,9+,10-/m0/s1. The van der Waals surface area contributed by atoms with E-state index in [2.05, 4.69) is 11.6 Å². The van der Waals surface area contributed by atoms with Crippen molar-refractivity contribution in [3.05, 3.63) is 24.0 Å². The van der Waals surface area contributed by atoms with Crippen LogP contribution in [0.25, 0.3) is 0 Å². The van der Waals surface area contributed by atoms with Crippen LogP contribution in [0.2, 0.25) is 0 Å². The fourth-order valence-electron chi connectivity index (χ4n) is 2.21. The number of allylic oxidation sites excluding steroid dienone is 1. The molecule has 0 amide bonds. The molecule has 2 saturated heterocycles. The maximum Gasteiger partial charge on any atom is 0.299 e. The van der Waals surface area contributed by atoms with Gasteiger partial charge in [0.15, 0.2) is 12.3 Å². The second-order valence-electron chi connectivity index (χ2n) is 4.38. The highest BCUT2D eigenvalue weighted by Crippen LogP contribution is 2.35. The van der Waals surface area contributed by atoms with Crippen LogP contribution in [0.5, 0.6) is 0 Å². The van der Waals surface area contributed by atoms with Crippen molar-refractivity contribution in [1.82, 2.24) is 4.90 Å². The molecule has 0 unspecified atom stereocenters. The summed E-state index contributed by atoms with van der Waals surface area (Å²) < 4.78 is 11.1. The summed E-state index contributed by atoms with van der Waals surface area (Å²) in [6.45, 7) is 5.46. The van der Waals surface area contributed by atoms with Gasteiger partial charge in [0.2, 0.25) is 0 Å². The van der Waals surface area contributed by atoms with E-state index < -0.39 is 24.5 Å². The zero-order valence-corrected chi connectivity index (χ0v) is 9.41. The first-order chi connectivity index (χ1) is 8.11. The molecule has 3 aliphatic heterocycles. The van der Waals surface area contributed by atoms with Crippen LogP contribution in [0.3, 0.4) is 0 Å². The van der Waals surface area contributed by atoms with Crippen molar-refractivity contribution < 1.29 is 19.7 Å². The Morgan fingerprint density at radius 2 is 2.35 bits per heavy atom. The normalized spacial score (nSPS) is 39.5. The van der Waals surface area contributed by atoms with Crippen LogP contribution in [0.15, 0.2) is 29.0 Å². The molecule has 3 aliphatic rings. The number of ether oxygens (including phenoxy) is 2. The maximum absolute atomic E-state index is 9.90. The van der Waals surface area contributed by atoms with Crippen molar-refractivity contribution in [3.8, 4) is 0 Å². The Morgan fingerprint density at radius 1 is 1.59 bits per heavy atom. The van der Waals surface area contributed by atoms with Gasteiger partial charge in [-0.2, -0.15) is 4.99 Å². The Morgan fingerprint density at radius 3 is 3.06 bits per heavy atom. The Labute approximate surface area is 98.5 Å². The van der Waals surface area contributed by atoms with E-state index in [9.17, 15) is 5.11 Å². The zero-order chi connectivity index (χ0) is 12.2. The molecule has 0 aromatic rings. The van der Waals surface area contributed by atoms with Crippen molar-refractivity contribution in [2.24, 2.45) is 4.99 Å². The van der Waals surface area contributed by atoms with Gasteiger partial charge >= 0.3 is 0 Å². The molecule has 0 saturated carbocycles. The number of fused-ring (bicyclic) bond motifs is 3. The van der Waals surface area contributed by atoms with Crippen molar-refractivity contribution in [2.45, 2.75) is 31.5 Å². The Kier molecular flexibility index (Phi) is 2.25. The van der Waals surface area contributed by atoms with Gasteiger partial charge in [0, 0.05) is 6.20 Å². The highest BCUT2D eigenvalue weighted by Gasteiger charge is 2.54. The van der Waals surface area contributed by atoms with E-state index in [4.69, 9.17) is 14.6 Å². The van der Waals surface area contributed by atoms with Crippen molar-refractivity contribution in [3.63, 3.8) is 0 Å². The maximum atomic E-state index is 9.90. The third kappa shape index (κ3) is 1.41. The lowest BCUT2D eigenvalue weighted by atomic mass is 10.1. The summed E-state index contributed by atoms with van der Waals surface area (Å²) in [5.41, 5.74) is 1.56. The lowest BCUT2D eigenvalue weighted by Crippen LogP contribution is -2.34. The van der Waals surface area contributed by atoms with Gasteiger partial charge in [-0.25, -0.2) is 0 Å². The molecule has 0 radical (unpaired) electrons. The molecule has 92 valence electrons. The largest absolute Gasteiger partial charge is 0.454 e. The van der Waals surface area contributed by atoms with E-state index in [0.29, 0.717) is 11.7 Å². The smallest absolute Gasteiger partial charge is 0.299 e. The molecule has 0 spiro atoms. The summed E-state index contributed by atoms with van der Waals surface area (Å²) in [5.74, 6) is 0. The summed E-state index contributed by atoms with van der Waals surface area (Å²) in [4.78, 5) is 5.93. The molecule has 17 heavy (non-hydrogen) atoms. The van der Waals surface area contributed by atoms with Crippen molar-refractivity contribution in [1.29, 1.82) is 0 Å². The van der Waals surface area contributed by atoms with Gasteiger partial charge in [0.05, 0.1) is 12.3 Å². The quantitative estimate of drug-likeness (QED) is 0.647. The second-order valence-corrected chi connectivity index (χ2v) is 4.38. The number of rotatable bonds is 1. The fraction of sp³-hybridized carbons (Fsp3) is 0.545. The number of aliphatic hydroxyl groups excluding tert-OH is 2. The molecule has 4 atom stereocenters. The first-order valence-corrected chi connectivity index (χ1v) is 5.47. The molecule has 0 aromatic heterocycles. The lowest BCUT2D eigenvalue weighted by Gasteiger charge is -2.23. The monoisotopic (exact) mass is 238 g/mol. The molecule has 0 aromatic carbocycles. The van der Waals surface area contributed by atoms with Gasteiger partial charge in [-0.3, -0.25) is 4.90 Å². The predicted octanol–water partition coefficient (Wildman–Crippen LogP) is -0.448. The third-order valence-electron chi connectivity index (χ3n) is 3.25. The molecule has 3 rings (SSSR count). The van der Waals surface area contributed by atoms with E-state index in [1.807, 2.05) is 13.1 Å². The van der Waals surface area contributed by atoms with Crippen molar-refractivity contribution in [2.75, 3.05) is 6.61 Å². The van der Waals surface area contributed by atoms with E-state index in [0.717, 1.165) is 5.57 Å². The average Bonchev–Trinajstić information content (AvgIpc) is 2.78. The number of hydrogen-bond acceptors (Lipinski definition) is 6.